The van der Waals surface area contributed by atoms with Gasteiger partial charge in [0.25, 0.3) is 5.91 Å². The van der Waals surface area contributed by atoms with E-state index in [4.69, 9.17) is 9.72 Å². The maximum Gasteiger partial charge on any atom is 0.252 e. The van der Waals surface area contributed by atoms with Gasteiger partial charge in [0.1, 0.15) is 30.4 Å². The average Bonchev–Trinajstić information content (AvgIpc) is 3.67. The highest BCUT2D eigenvalue weighted by Crippen LogP contribution is 2.36. The highest BCUT2D eigenvalue weighted by molar-refractivity contribution is 7.14. The number of anilines is 1. The largest absolute Gasteiger partial charge is 0.388 e. The number of ketones is 1. The molecule has 10 nitrogen and oxygen atoms in total. The first-order valence-electron chi connectivity index (χ1n) is 13.8. The minimum Gasteiger partial charge on any atom is -0.388 e. The van der Waals surface area contributed by atoms with Crippen molar-refractivity contribution in [3.8, 4) is 11.3 Å². The van der Waals surface area contributed by atoms with Crippen LogP contribution in [0.2, 0.25) is 0 Å². The van der Waals surface area contributed by atoms with E-state index in [9.17, 15) is 19.5 Å². The number of thiazole rings is 1. The summed E-state index contributed by atoms with van der Waals surface area (Å²) in [7, 11) is 2.13. The molecule has 11 heteroatoms. The summed E-state index contributed by atoms with van der Waals surface area (Å²) in [5, 5.41) is 16.5. The van der Waals surface area contributed by atoms with Crippen molar-refractivity contribution in [1.82, 2.24) is 20.1 Å². The molecule has 4 fully saturated rings. The van der Waals surface area contributed by atoms with Crippen molar-refractivity contribution in [1.29, 1.82) is 0 Å². The smallest absolute Gasteiger partial charge is 0.252 e. The molecule has 0 spiro atoms. The quantitative estimate of drug-likeness (QED) is 0.573. The number of benzene rings is 1. The highest BCUT2D eigenvalue weighted by atomic mass is 32.1. The highest BCUT2D eigenvalue weighted by Gasteiger charge is 2.55. The number of carbonyl (C=O) groups excluding carboxylic acids is 3. The van der Waals surface area contributed by atoms with Crippen LogP contribution >= 0.6 is 11.3 Å². The Morgan fingerprint density at radius 2 is 1.82 bits per heavy atom. The monoisotopic (exact) mass is 553 g/mol. The average molecular weight is 554 g/mol. The molecule has 0 unspecified atom stereocenters. The van der Waals surface area contributed by atoms with Crippen LogP contribution in [0.1, 0.15) is 42.5 Å². The number of fused-ring (bicyclic) bond motifs is 1. The van der Waals surface area contributed by atoms with Crippen LogP contribution in [0.3, 0.4) is 0 Å². The molecule has 1 aliphatic carbocycles. The van der Waals surface area contributed by atoms with Gasteiger partial charge in [-0.2, -0.15) is 0 Å². The molecule has 3 atom stereocenters. The Kier molecular flexibility index (Phi) is 7.17. The van der Waals surface area contributed by atoms with Crippen molar-refractivity contribution in [3.63, 3.8) is 0 Å². The molecular weight excluding hydrogens is 518 g/mol. The Bertz CT molecular complexity index is 1240. The van der Waals surface area contributed by atoms with E-state index in [0.29, 0.717) is 18.4 Å². The van der Waals surface area contributed by atoms with Gasteiger partial charge >= 0.3 is 0 Å². The number of β-amino-alcohol motifs (C(OH)–C–C–N with tert-alkyl or cyclic N) is 1. The number of rotatable bonds is 5. The first-order chi connectivity index (χ1) is 18.8. The molecular formula is C28H35N5O5S. The molecule has 3 saturated heterocycles. The second-order valence-corrected chi connectivity index (χ2v) is 12.0. The Balaban J connectivity index is 1.17. The Morgan fingerprint density at radius 1 is 1.10 bits per heavy atom. The number of Topliss-reactive ketones (excluding diaryl/α,β-unsaturated/α-hetero) is 1. The van der Waals surface area contributed by atoms with Crippen LogP contribution in [0.4, 0.5) is 5.13 Å². The van der Waals surface area contributed by atoms with Gasteiger partial charge in [0.2, 0.25) is 5.91 Å². The molecule has 1 saturated carbocycles. The summed E-state index contributed by atoms with van der Waals surface area (Å²) in [5.41, 5.74) is 1.18. The lowest BCUT2D eigenvalue weighted by molar-refractivity contribution is -0.143. The first-order valence-corrected chi connectivity index (χ1v) is 14.7. The molecule has 1 aromatic heterocycles. The molecule has 2 N–H and O–H groups in total. The van der Waals surface area contributed by atoms with Crippen molar-refractivity contribution in [2.24, 2.45) is 0 Å². The van der Waals surface area contributed by atoms with Crippen molar-refractivity contribution in [2.45, 2.75) is 55.9 Å². The predicted molar refractivity (Wildman–Crippen MR) is 147 cm³/mol. The molecule has 6 rings (SSSR count). The molecule has 3 aliphatic heterocycles. The topological polar surface area (TPSA) is 115 Å². The summed E-state index contributed by atoms with van der Waals surface area (Å²) in [6, 6.07) is 6.54. The van der Waals surface area contributed by atoms with Crippen LogP contribution in [0.25, 0.3) is 11.3 Å². The molecule has 4 heterocycles. The molecule has 0 radical (unpaired) electrons. The SMILES string of the molecule is CN1CCN(c2nc(-c3ccc(C(=O)NC4(C(=O)N5C[C@H](O)[C@H]6OCC(=O)[C@H]65)CCCCC4)cc3)cs2)CC1. The van der Waals surface area contributed by atoms with Gasteiger partial charge < -0.3 is 29.9 Å². The van der Waals surface area contributed by atoms with Gasteiger partial charge in [0, 0.05) is 42.7 Å². The van der Waals surface area contributed by atoms with E-state index in [2.05, 4.69) is 22.2 Å². The molecule has 1 aromatic carbocycles. The van der Waals surface area contributed by atoms with Gasteiger partial charge in [0.05, 0.1) is 12.2 Å². The van der Waals surface area contributed by atoms with Crippen molar-refractivity contribution < 1.29 is 24.2 Å². The first kappa shape index (κ1) is 26.4. The zero-order chi connectivity index (χ0) is 27.1. The zero-order valence-corrected chi connectivity index (χ0v) is 23.0. The summed E-state index contributed by atoms with van der Waals surface area (Å²) in [6.07, 6.45) is 2.01. The van der Waals surface area contributed by atoms with Crippen LogP contribution in [-0.4, -0.2) is 108 Å². The second kappa shape index (κ2) is 10.6. The fraction of sp³-hybridized carbons (Fsp3) is 0.571. The van der Waals surface area contributed by atoms with E-state index in [1.54, 1.807) is 23.5 Å². The van der Waals surface area contributed by atoms with E-state index in [1.165, 1.54) is 4.90 Å². The summed E-state index contributed by atoms with van der Waals surface area (Å²) in [6.45, 7) is 3.90. The van der Waals surface area contributed by atoms with Gasteiger partial charge in [-0.3, -0.25) is 14.4 Å². The maximum absolute atomic E-state index is 13.9. The Hall–Kier alpha value is -2.86. The number of nitrogens with zero attached hydrogens (tertiary/aromatic N) is 4. The number of piperazine rings is 1. The molecule has 39 heavy (non-hydrogen) atoms. The van der Waals surface area contributed by atoms with E-state index in [0.717, 1.165) is 61.8 Å². The number of likely N-dealkylation sites (N-methyl/N-ethyl adjacent to an activating group) is 1. The van der Waals surface area contributed by atoms with Crippen LogP contribution in [0, 0.1) is 0 Å². The van der Waals surface area contributed by atoms with Gasteiger partial charge in [0.15, 0.2) is 10.9 Å². The third-order valence-corrected chi connectivity index (χ3v) is 9.50. The minimum atomic E-state index is -1.10. The summed E-state index contributed by atoms with van der Waals surface area (Å²) in [4.78, 5) is 50.7. The van der Waals surface area contributed by atoms with Crippen LogP contribution in [0.5, 0.6) is 0 Å². The standard InChI is InChI=1S/C28H35N5O5S/c1-31-11-13-32(14-12-31)27-29-20(17-39-27)18-5-7-19(8-6-18)25(36)30-28(9-3-2-4-10-28)26(37)33-15-21(34)24-23(33)22(35)16-38-24/h5-8,17,21,23-24,34H,2-4,9-16H2,1H3,(H,30,36)/t21-,23+,24+/m0/s1. The fourth-order valence-corrected chi connectivity index (χ4v) is 7.17. The Morgan fingerprint density at radius 3 is 2.54 bits per heavy atom. The van der Waals surface area contributed by atoms with Crippen LogP contribution < -0.4 is 10.2 Å². The minimum absolute atomic E-state index is 0.0377. The summed E-state index contributed by atoms with van der Waals surface area (Å²) >= 11 is 1.63. The fourth-order valence-electron chi connectivity index (χ4n) is 6.28. The number of aliphatic hydroxyl groups is 1. The van der Waals surface area contributed by atoms with Gasteiger partial charge in [-0.15, -0.1) is 11.3 Å². The second-order valence-electron chi connectivity index (χ2n) is 11.2. The number of ether oxygens (including phenoxy) is 1. The number of aliphatic hydroxyl groups excluding tert-OH is 1. The maximum atomic E-state index is 13.9. The number of hydrogen-bond donors (Lipinski definition) is 2. The Labute approximate surface area is 231 Å². The lowest BCUT2D eigenvalue weighted by Crippen LogP contribution is -2.62. The van der Waals surface area contributed by atoms with Crippen LogP contribution in [-0.2, 0) is 14.3 Å². The molecule has 4 aliphatic rings. The van der Waals surface area contributed by atoms with E-state index >= 15 is 0 Å². The van der Waals surface area contributed by atoms with E-state index in [1.807, 2.05) is 17.5 Å². The van der Waals surface area contributed by atoms with Crippen LogP contribution in [0.15, 0.2) is 29.6 Å². The van der Waals surface area contributed by atoms with Gasteiger partial charge in [-0.25, -0.2) is 4.98 Å². The van der Waals surface area contributed by atoms with E-state index in [-0.39, 0.29) is 30.7 Å². The van der Waals surface area contributed by atoms with Crippen molar-refractivity contribution in [2.75, 3.05) is 51.3 Å². The molecule has 0 bridgehead atoms. The summed E-state index contributed by atoms with van der Waals surface area (Å²) in [5.74, 6) is -0.814. The number of nitrogens with one attached hydrogen (secondary N) is 1. The van der Waals surface area contributed by atoms with Crippen molar-refractivity contribution >= 4 is 34.1 Å². The number of hydrogen-bond acceptors (Lipinski definition) is 9. The normalized spacial score (nSPS) is 27.0. The third kappa shape index (κ3) is 4.97. The van der Waals surface area contributed by atoms with Gasteiger partial charge in [-0.1, -0.05) is 31.4 Å². The lowest BCUT2D eigenvalue weighted by atomic mass is 9.80. The summed E-state index contributed by atoms with van der Waals surface area (Å²) < 4.78 is 5.45. The molecule has 2 amide bonds. The number of likely N-dealkylation sites (tertiary alicyclic amines) is 1. The third-order valence-electron chi connectivity index (χ3n) is 8.60. The van der Waals surface area contributed by atoms with Gasteiger partial charge in [-0.05, 0) is 32.0 Å². The lowest BCUT2D eigenvalue weighted by Gasteiger charge is -2.40. The predicted octanol–water partition coefficient (Wildman–Crippen LogP) is 1.53. The number of carbonyl (C=O) groups is 3. The number of amides is 2. The molecule has 2 aromatic rings. The van der Waals surface area contributed by atoms with E-state index < -0.39 is 23.8 Å². The molecule has 208 valence electrons. The number of aromatic nitrogens is 1. The zero-order valence-electron chi connectivity index (χ0n) is 22.2. The van der Waals surface area contributed by atoms with Crippen molar-refractivity contribution in [3.05, 3.63) is 35.2 Å².